The highest BCUT2D eigenvalue weighted by atomic mass is 32.1. The summed E-state index contributed by atoms with van der Waals surface area (Å²) in [5.41, 5.74) is 1.87. The Morgan fingerprint density at radius 3 is 2.61 bits per heavy atom. The van der Waals surface area contributed by atoms with Crippen LogP contribution in [0, 0.1) is 12.8 Å². The second-order valence-corrected chi connectivity index (χ2v) is 9.16. The number of fused-ring (bicyclic) bond motifs is 3. The summed E-state index contributed by atoms with van der Waals surface area (Å²) in [5, 5.41) is 22.3. The van der Waals surface area contributed by atoms with Gasteiger partial charge in [-0.25, -0.2) is 18.7 Å². The van der Waals surface area contributed by atoms with Crippen molar-refractivity contribution in [1.29, 1.82) is 0 Å². The van der Waals surface area contributed by atoms with Crippen LogP contribution < -0.4 is 5.32 Å². The first-order valence-corrected chi connectivity index (χ1v) is 10.9. The molecule has 3 heterocycles. The molecule has 0 saturated heterocycles. The number of aromatic nitrogens is 4. The van der Waals surface area contributed by atoms with E-state index in [2.05, 4.69) is 25.5 Å². The van der Waals surface area contributed by atoms with Gasteiger partial charge in [0.2, 0.25) is 0 Å². The van der Waals surface area contributed by atoms with E-state index in [1.165, 1.54) is 17.7 Å². The number of nitrogens with one attached hydrogen (secondary N) is 1. The van der Waals surface area contributed by atoms with E-state index in [-0.39, 0.29) is 5.69 Å². The topological polar surface area (TPSA) is 83.8 Å². The van der Waals surface area contributed by atoms with E-state index >= 15 is 0 Å². The molecule has 1 aliphatic carbocycles. The molecule has 1 fully saturated rings. The quantitative estimate of drug-likeness (QED) is 0.433. The zero-order valence-electron chi connectivity index (χ0n) is 17.1. The fraction of sp³-hybridized carbons (Fsp3) is 0.364. The number of halogens is 2. The third-order valence-electron chi connectivity index (χ3n) is 6.04. The molecule has 9 heteroatoms. The fourth-order valence-corrected chi connectivity index (χ4v) is 5.07. The van der Waals surface area contributed by atoms with Gasteiger partial charge in [0.15, 0.2) is 0 Å². The van der Waals surface area contributed by atoms with Gasteiger partial charge in [-0.2, -0.15) is 0 Å². The highest BCUT2D eigenvalue weighted by Gasteiger charge is 2.41. The Morgan fingerprint density at radius 2 is 1.94 bits per heavy atom. The van der Waals surface area contributed by atoms with E-state index < -0.39 is 12.0 Å². The van der Waals surface area contributed by atoms with Crippen molar-refractivity contribution in [1.82, 2.24) is 20.2 Å². The number of aliphatic hydroxyl groups is 1. The molecule has 0 spiro atoms. The molecule has 1 aromatic carbocycles. The third kappa shape index (κ3) is 3.51. The fourth-order valence-electron chi connectivity index (χ4n) is 3.97. The van der Waals surface area contributed by atoms with Gasteiger partial charge < -0.3 is 10.4 Å². The number of aryl methyl sites for hydroxylation is 1. The Bertz CT molecular complexity index is 1270. The lowest BCUT2D eigenvalue weighted by Crippen LogP contribution is -2.23. The molecule has 160 valence electrons. The Kier molecular flexibility index (Phi) is 4.82. The molecular formula is C22H21F2N5OS. The van der Waals surface area contributed by atoms with Crippen molar-refractivity contribution in [2.45, 2.75) is 45.3 Å². The number of thiophene rings is 1. The van der Waals surface area contributed by atoms with Crippen molar-refractivity contribution >= 4 is 37.6 Å². The maximum Gasteiger partial charge on any atom is 0.282 e. The molecule has 1 aliphatic rings. The van der Waals surface area contributed by atoms with Crippen molar-refractivity contribution in [3.8, 4) is 0 Å². The molecule has 3 aromatic heterocycles. The summed E-state index contributed by atoms with van der Waals surface area (Å²) in [6.45, 7) is 4.03. The Hall–Kier alpha value is -2.78. The van der Waals surface area contributed by atoms with Crippen LogP contribution in [0.3, 0.4) is 0 Å². The van der Waals surface area contributed by atoms with Crippen LogP contribution in [0.15, 0.2) is 30.6 Å². The van der Waals surface area contributed by atoms with Crippen LogP contribution in [0.1, 0.15) is 48.6 Å². The summed E-state index contributed by atoms with van der Waals surface area (Å²) < 4.78 is 27.2. The summed E-state index contributed by atoms with van der Waals surface area (Å²) in [7, 11) is 0. The van der Waals surface area contributed by atoms with E-state index in [0.717, 1.165) is 28.7 Å². The lowest BCUT2D eigenvalue weighted by Gasteiger charge is -2.23. The molecule has 2 N–H and O–H groups in total. The molecule has 0 amide bonds. The van der Waals surface area contributed by atoms with Crippen LogP contribution >= 0.6 is 11.3 Å². The SMILES string of the molecule is Cc1c(C(F)F)nnc2sc3c(NCc4ccc(C(C)(O)C5CC5)cc4)ncnc3c12. The molecule has 1 atom stereocenters. The minimum absolute atomic E-state index is 0.317. The first-order chi connectivity index (χ1) is 14.9. The van der Waals surface area contributed by atoms with Gasteiger partial charge in [0.1, 0.15) is 22.7 Å². The summed E-state index contributed by atoms with van der Waals surface area (Å²) in [5.74, 6) is 0.968. The van der Waals surface area contributed by atoms with Gasteiger partial charge in [0, 0.05) is 11.9 Å². The summed E-state index contributed by atoms with van der Waals surface area (Å²) in [6.07, 6.45) is 0.875. The number of nitrogens with zero attached hydrogens (tertiary/aromatic N) is 4. The van der Waals surface area contributed by atoms with Crippen LogP contribution in [-0.4, -0.2) is 25.3 Å². The largest absolute Gasteiger partial charge is 0.385 e. The van der Waals surface area contributed by atoms with E-state index in [9.17, 15) is 13.9 Å². The highest BCUT2D eigenvalue weighted by molar-refractivity contribution is 7.25. The summed E-state index contributed by atoms with van der Waals surface area (Å²) >= 11 is 1.33. The van der Waals surface area contributed by atoms with Gasteiger partial charge in [-0.1, -0.05) is 24.3 Å². The second kappa shape index (κ2) is 7.42. The van der Waals surface area contributed by atoms with E-state index in [1.807, 2.05) is 31.2 Å². The van der Waals surface area contributed by atoms with Gasteiger partial charge in [-0.3, -0.25) is 0 Å². The van der Waals surface area contributed by atoms with Crippen LogP contribution in [0.2, 0.25) is 0 Å². The number of benzene rings is 1. The molecule has 0 aliphatic heterocycles. The van der Waals surface area contributed by atoms with Crippen molar-refractivity contribution in [3.05, 3.63) is 53.0 Å². The van der Waals surface area contributed by atoms with Crippen LogP contribution in [0.4, 0.5) is 14.6 Å². The molecule has 1 saturated carbocycles. The predicted octanol–water partition coefficient (Wildman–Crippen LogP) is 5.11. The number of hydrogen-bond donors (Lipinski definition) is 2. The van der Waals surface area contributed by atoms with Gasteiger partial charge in [0.25, 0.3) is 6.43 Å². The van der Waals surface area contributed by atoms with Gasteiger partial charge in [-0.15, -0.1) is 21.5 Å². The van der Waals surface area contributed by atoms with Gasteiger partial charge in [-0.05, 0) is 49.3 Å². The molecule has 1 unspecified atom stereocenters. The number of alkyl halides is 2. The zero-order valence-corrected chi connectivity index (χ0v) is 17.9. The molecular weight excluding hydrogens is 420 g/mol. The molecule has 5 rings (SSSR count). The van der Waals surface area contributed by atoms with Crippen LogP contribution in [-0.2, 0) is 12.1 Å². The predicted molar refractivity (Wildman–Crippen MR) is 116 cm³/mol. The lowest BCUT2D eigenvalue weighted by molar-refractivity contribution is 0.0331. The Morgan fingerprint density at radius 1 is 1.19 bits per heavy atom. The number of rotatable bonds is 6. The standard InChI is InChI=1S/C22H21F2N5OS/c1-11-15-17-18(31-21(15)29-28-16(11)19(23)24)20(27-10-26-17)25-9-12-3-5-13(6-4-12)22(2,30)14-7-8-14/h3-6,10,14,19,30H,7-9H2,1-2H3,(H,25,26,27). The van der Waals surface area contributed by atoms with Crippen LogP contribution in [0.25, 0.3) is 20.4 Å². The Balaban J connectivity index is 1.42. The van der Waals surface area contributed by atoms with Crippen molar-refractivity contribution in [2.75, 3.05) is 5.32 Å². The van der Waals surface area contributed by atoms with E-state index in [4.69, 9.17) is 0 Å². The third-order valence-corrected chi connectivity index (χ3v) is 7.11. The maximum atomic E-state index is 13.2. The summed E-state index contributed by atoms with van der Waals surface area (Å²) in [4.78, 5) is 9.23. The van der Waals surface area contributed by atoms with E-state index in [1.54, 1.807) is 6.92 Å². The summed E-state index contributed by atoms with van der Waals surface area (Å²) in [6, 6.07) is 7.92. The van der Waals surface area contributed by atoms with Gasteiger partial charge >= 0.3 is 0 Å². The number of hydrogen-bond acceptors (Lipinski definition) is 7. The van der Waals surface area contributed by atoms with Crippen molar-refractivity contribution in [3.63, 3.8) is 0 Å². The second-order valence-electron chi connectivity index (χ2n) is 8.17. The minimum atomic E-state index is -2.69. The first-order valence-electron chi connectivity index (χ1n) is 10.1. The molecule has 0 bridgehead atoms. The Labute approximate surface area is 181 Å². The van der Waals surface area contributed by atoms with Gasteiger partial charge in [0.05, 0.1) is 15.8 Å². The number of anilines is 1. The normalized spacial score (nSPS) is 16.2. The van der Waals surface area contributed by atoms with Crippen LogP contribution in [0.5, 0.6) is 0 Å². The smallest absolute Gasteiger partial charge is 0.282 e. The molecule has 6 nitrogen and oxygen atoms in total. The zero-order chi connectivity index (χ0) is 21.8. The lowest BCUT2D eigenvalue weighted by atomic mass is 9.90. The molecule has 31 heavy (non-hydrogen) atoms. The molecule has 0 radical (unpaired) electrons. The van der Waals surface area contributed by atoms with E-state index in [0.29, 0.717) is 39.6 Å². The average Bonchev–Trinajstić information content (AvgIpc) is 3.54. The first kappa shape index (κ1) is 20.1. The van der Waals surface area contributed by atoms with Crippen molar-refractivity contribution < 1.29 is 13.9 Å². The van der Waals surface area contributed by atoms with Crippen molar-refractivity contribution in [2.24, 2.45) is 5.92 Å². The highest BCUT2D eigenvalue weighted by Crippen LogP contribution is 2.45. The molecule has 4 aromatic rings. The monoisotopic (exact) mass is 441 g/mol. The average molecular weight is 442 g/mol. The maximum absolute atomic E-state index is 13.2. The minimum Gasteiger partial charge on any atom is -0.385 e.